The van der Waals surface area contributed by atoms with Crippen LogP contribution in [0.15, 0.2) is 18.5 Å². The summed E-state index contributed by atoms with van der Waals surface area (Å²) in [4.78, 5) is 4.38. The second-order valence-electron chi connectivity index (χ2n) is 4.43. The lowest BCUT2D eigenvalue weighted by Crippen LogP contribution is -2.16. The number of fused-ring (bicyclic) bond motifs is 1. The molecule has 18 heavy (non-hydrogen) atoms. The lowest BCUT2D eigenvalue weighted by atomic mass is 10.2. The molecule has 5 nitrogen and oxygen atoms in total. The van der Waals surface area contributed by atoms with Crippen molar-refractivity contribution in [2.45, 2.75) is 13.5 Å². The maximum atomic E-state index is 5.66. The monoisotopic (exact) mass is 249 g/mol. The summed E-state index contributed by atoms with van der Waals surface area (Å²) in [5.41, 5.74) is 7.59. The molecule has 0 spiro atoms. The van der Waals surface area contributed by atoms with Crippen LogP contribution in [0, 0.1) is 5.92 Å². The summed E-state index contributed by atoms with van der Waals surface area (Å²) >= 11 is 0. The Morgan fingerprint density at radius 1 is 1.28 bits per heavy atom. The van der Waals surface area contributed by atoms with Gasteiger partial charge in [0.25, 0.3) is 0 Å². The van der Waals surface area contributed by atoms with E-state index in [0.717, 1.165) is 17.6 Å². The van der Waals surface area contributed by atoms with E-state index < -0.39 is 0 Å². The molecule has 1 aromatic heterocycles. The summed E-state index contributed by atoms with van der Waals surface area (Å²) in [5.74, 6) is 1.82. The van der Waals surface area contributed by atoms with Crippen molar-refractivity contribution < 1.29 is 9.47 Å². The molecule has 0 aliphatic heterocycles. The molecule has 2 N–H and O–H groups in total. The first kappa shape index (κ1) is 12.7. The van der Waals surface area contributed by atoms with Gasteiger partial charge in [-0.25, -0.2) is 4.98 Å². The van der Waals surface area contributed by atoms with Gasteiger partial charge in [0, 0.05) is 18.7 Å². The molecule has 0 fully saturated rings. The molecule has 0 saturated carbocycles. The molecule has 1 atom stereocenters. The van der Waals surface area contributed by atoms with E-state index in [0.29, 0.717) is 24.0 Å². The van der Waals surface area contributed by atoms with Crippen LogP contribution in [0.1, 0.15) is 6.92 Å². The van der Waals surface area contributed by atoms with Gasteiger partial charge < -0.3 is 19.8 Å². The lowest BCUT2D eigenvalue weighted by molar-refractivity contribution is 0.355. The van der Waals surface area contributed by atoms with Crippen LogP contribution in [-0.2, 0) is 6.54 Å². The van der Waals surface area contributed by atoms with Gasteiger partial charge >= 0.3 is 0 Å². The Kier molecular flexibility index (Phi) is 3.72. The molecule has 0 aliphatic carbocycles. The molecule has 0 amide bonds. The number of hydrogen-bond acceptors (Lipinski definition) is 4. The van der Waals surface area contributed by atoms with Crippen molar-refractivity contribution >= 4 is 11.0 Å². The first-order valence-corrected chi connectivity index (χ1v) is 5.96. The highest BCUT2D eigenvalue weighted by Gasteiger charge is 2.11. The number of nitrogens with two attached hydrogens (primary N) is 1. The van der Waals surface area contributed by atoms with Crippen molar-refractivity contribution in [1.82, 2.24) is 9.55 Å². The predicted molar refractivity (Wildman–Crippen MR) is 71.1 cm³/mol. The number of aromatic nitrogens is 2. The van der Waals surface area contributed by atoms with Crippen molar-refractivity contribution in [1.29, 1.82) is 0 Å². The number of nitrogens with zero attached hydrogens (tertiary/aromatic N) is 2. The van der Waals surface area contributed by atoms with Gasteiger partial charge in [-0.05, 0) is 12.5 Å². The number of methoxy groups -OCH3 is 2. The molecule has 1 heterocycles. The normalized spacial score (nSPS) is 12.7. The first-order valence-electron chi connectivity index (χ1n) is 5.96. The summed E-state index contributed by atoms with van der Waals surface area (Å²) in [5, 5.41) is 0. The number of hydrogen-bond donors (Lipinski definition) is 1. The number of imidazole rings is 1. The van der Waals surface area contributed by atoms with Gasteiger partial charge in [-0.1, -0.05) is 6.92 Å². The van der Waals surface area contributed by atoms with Crippen LogP contribution >= 0.6 is 0 Å². The fourth-order valence-electron chi connectivity index (χ4n) is 1.94. The highest BCUT2D eigenvalue weighted by molar-refractivity contribution is 5.80. The number of rotatable bonds is 5. The second kappa shape index (κ2) is 5.27. The molecule has 2 aromatic rings. The standard InChI is InChI=1S/C13H19N3O2/c1-9(6-14)7-16-8-15-10-4-12(17-2)13(18-3)5-11(10)16/h4-5,8-9H,6-7,14H2,1-3H3. The Morgan fingerprint density at radius 3 is 2.56 bits per heavy atom. The zero-order chi connectivity index (χ0) is 13.1. The molecule has 0 radical (unpaired) electrons. The molecule has 0 bridgehead atoms. The molecule has 2 rings (SSSR count). The Labute approximate surface area is 107 Å². The van der Waals surface area contributed by atoms with Crippen molar-refractivity contribution in [2.24, 2.45) is 11.7 Å². The Hall–Kier alpha value is -1.75. The maximum absolute atomic E-state index is 5.66. The summed E-state index contributed by atoms with van der Waals surface area (Å²) in [7, 11) is 3.25. The maximum Gasteiger partial charge on any atom is 0.163 e. The molecule has 0 saturated heterocycles. The summed E-state index contributed by atoms with van der Waals surface area (Å²) < 4.78 is 12.7. The average Bonchev–Trinajstić information content (AvgIpc) is 2.79. The molecule has 98 valence electrons. The van der Waals surface area contributed by atoms with Crippen LogP contribution < -0.4 is 15.2 Å². The predicted octanol–water partition coefficient (Wildman–Crippen LogP) is 1.65. The molecule has 1 aromatic carbocycles. The average molecular weight is 249 g/mol. The zero-order valence-electron chi connectivity index (χ0n) is 11.0. The van der Waals surface area contributed by atoms with Gasteiger partial charge in [0.2, 0.25) is 0 Å². The lowest BCUT2D eigenvalue weighted by Gasteiger charge is -2.11. The highest BCUT2D eigenvalue weighted by atomic mass is 16.5. The molecule has 1 unspecified atom stereocenters. The topological polar surface area (TPSA) is 62.3 Å². The second-order valence-corrected chi connectivity index (χ2v) is 4.43. The van der Waals surface area contributed by atoms with E-state index in [9.17, 15) is 0 Å². The third-order valence-electron chi connectivity index (χ3n) is 3.04. The van der Waals surface area contributed by atoms with E-state index in [1.807, 2.05) is 18.5 Å². The Morgan fingerprint density at radius 2 is 1.94 bits per heavy atom. The third kappa shape index (κ3) is 2.26. The Balaban J connectivity index is 2.45. The van der Waals surface area contributed by atoms with Crippen LogP contribution in [-0.4, -0.2) is 30.3 Å². The smallest absolute Gasteiger partial charge is 0.163 e. The van der Waals surface area contributed by atoms with Gasteiger partial charge in [0.1, 0.15) is 0 Å². The fourth-order valence-corrected chi connectivity index (χ4v) is 1.94. The van der Waals surface area contributed by atoms with E-state index in [4.69, 9.17) is 15.2 Å². The quantitative estimate of drug-likeness (QED) is 0.875. The van der Waals surface area contributed by atoms with Gasteiger partial charge in [-0.2, -0.15) is 0 Å². The van der Waals surface area contributed by atoms with Gasteiger partial charge in [-0.15, -0.1) is 0 Å². The van der Waals surface area contributed by atoms with E-state index >= 15 is 0 Å². The number of ether oxygens (including phenoxy) is 2. The zero-order valence-corrected chi connectivity index (χ0v) is 11.0. The minimum Gasteiger partial charge on any atom is -0.493 e. The van der Waals surface area contributed by atoms with Crippen molar-refractivity contribution in [3.05, 3.63) is 18.5 Å². The fraction of sp³-hybridized carbons (Fsp3) is 0.462. The van der Waals surface area contributed by atoms with E-state index in [2.05, 4.69) is 16.5 Å². The van der Waals surface area contributed by atoms with Crippen LogP contribution in [0.2, 0.25) is 0 Å². The van der Waals surface area contributed by atoms with Crippen LogP contribution in [0.3, 0.4) is 0 Å². The molecule has 5 heteroatoms. The summed E-state index contributed by atoms with van der Waals surface area (Å²) in [6.07, 6.45) is 1.83. The van der Waals surface area contributed by atoms with Crippen LogP contribution in [0.25, 0.3) is 11.0 Å². The van der Waals surface area contributed by atoms with E-state index in [1.165, 1.54) is 0 Å². The Bertz CT molecular complexity index is 536. The van der Waals surface area contributed by atoms with Crippen molar-refractivity contribution in [2.75, 3.05) is 20.8 Å². The third-order valence-corrected chi connectivity index (χ3v) is 3.04. The van der Waals surface area contributed by atoms with Gasteiger partial charge in [-0.3, -0.25) is 0 Å². The molecular weight excluding hydrogens is 230 g/mol. The van der Waals surface area contributed by atoms with Gasteiger partial charge in [0.15, 0.2) is 11.5 Å². The van der Waals surface area contributed by atoms with Crippen LogP contribution in [0.5, 0.6) is 11.5 Å². The van der Waals surface area contributed by atoms with Crippen molar-refractivity contribution in [3.8, 4) is 11.5 Å². The van der Waals surface area contributed by atoms with Crippen LogP contribution in [0.4, 0.5) is 0 Å². The van der Waals surface area contributed by atoms with E-state index in [-0.39, 0.29) is 0 Å². The minimum atomic E-state index is 0.412. The van der Waals surface area contributed by atoms with Gasteiger partial charge in [0.05, 0.1) is 31.6 Å². The molecule has 0 aliphatic rings. The highest BCUT2D eigenvalue weighted by Crippen LogP contribution is 2.31. The SMILES string of the molecule is COc1cc2ncn(CC(C)CN)c2cc1OC. The van der Waals surface area contributed by atoms with E-state index in [1.54, 1.807) is 14.2 Å². The summed E-state index contributed by atoms with van der Waals surface area (Å²) in [6, 6.07) is 3.84. The minimum absolute atomic E-state index is 0.412. The summed E-state index contributed by atoms with van der Waals surface area (Å²) in [6.45, 7) is 3.63. The van der Waals surface area contributed by atoms with Crippen molar-refractivity contribution in [3.63, 3.8) is 0 Å². The largest absolute Gasteiger partial charge is 0.493 e. The molecular formula is C13H19N3O2. The first-order chi connectivity index (χ1) is 8.69. The number of benzene rings is 1.